The first-order valence-electron chi connectivity index (χ1n) is 3.12. The molecule has 1 aromatic heterocycles. The standard InChI is InChI=1S/C7H9NOS/c9-8-5-1-3-7-4-2-6-10-7/h2,4-6,9H,1,3H2. The van der Waals surface area contributed by atoms with E-state index in [-0.39, 0.29) is 0 Å². The van der Waals surface area contributed by atoms with Gasteiger partial charge in [-0.3, -0.25) is 0 Å². The molecule has 1 N–H and O–H groups in total. The van der Waals surface area contributed by atoms with Gasteiger partial charge in [0.05, 0.1) is 0 Å². The summed E-state index contributed by atoms with van der Waals surface area (Å²) in [6.45, 7) is 0. The van der Waals surface area contributed by atoms with Crippen LogP contribution < -0.4 is 0 Å². The molecule has 10 heavy (non-hydrogen) atoms. The fraction of sp³-hybridized carbons (Fsp3) is 0.286. The molecule has 0 saturated carbocycles. The number of hydrogen-bond acceptors (Lipinski definition) is 3. The number of thiophene rings is 1. The summed E-state index contributed by atoms with van der Waals surface area (Å²) in [7, 11) is 0. The highest BCUT2D eigenvalue weighted by molar-refractivity contribution is 7.09. The maximum atomic E-state index is 8.07. The van der Waals surface area contributed by atoms with Crippen LogP contribution in [0.25, 0.3) is 0 Å². The average Bonchev–Trinajstić information content (AvgIpc) is 2.41. The van der Waals surface area contributed by atoms with Gasteiger partial charge in [-0.1, -0.05) is 6.07 Å². The topological polar surface area (TPSA) is 32.6 Å². The molecular formula is C7H9NOS. The zero-order valence-corrected chi connectivity index (χ0v) is 6.34. The van der Waals surface area contributed by atoms with E-state index in [1.54, 1.807) is 11.3 Å². The van der Waals surface area contributed by atoms with Crippen LogP contribution in [0.15, 0.2) is 22.7 Å². The highest BCUT2D eigenvalue weighted by Crippen LogP contribution is 2.09. The van der Waals surface area contributed by atoms with Gasteiger partial charge in [-0.05, 0) is 24.3 Å². The SMILES string of the molecule is ON=CCCc1cccs1. The van der Waals surface area contributed by atoms with Gasteiger partial charge in [-0.15, -0.1) is 16.5 Å². The predicted octanol–water partition coefficient (Wildman–Crippen LogP) is 2.14. The molecule has 0 saturated heterocycles. The molecule has 3 heteroatoms. The molecule has 54 valence electrons. The van der Waals surface area contributed by atoms with Crippen LogP contribution in [0.4, 0.5) is 0 Å². The van der Waals surface area contributed by atoms with E-state index in [9.17, 15) is 0 Å². The van der Waals surface area contributed by atoms with Crippen LogP contribution in [0, 0.1) is 0 Å². The van der Waals surface area contributed by atoms with Crippen molar-refractivity contribution < 1.29 is 5.21 Å². The summed E-state index contributed by atoms with van der Waals surface area (Å²) in [5.41, 5.74) is 0. The number of aryl methyl sites for hydroxylation is 1. The lowest BCUT2D eigenvalue weighted by Gasteiger charge is -1.87. The summed E-state index contributed by atoms with van der Waals surface area (Å²) in [4.78, 5) is 1.33. The first kappa shape index (κ1) is 7.28. The van der Waals surface area contributed by atoms with Crippen LogP contribution >= 0.6 is 11.3 Å². The summed E-state index contributed by atoms with van der Waals surface area (Å²) < 4.78 is 0. The largest absolute Gasteiger partial charge is 0.411 e. The van der Waals surface area contributed by atoms with Crippen LogP contribution in [0.2, 0.25) is 0 Å². The second-order valence-corrected chi connectivity index (χ2v) is 2.95. The van der Waals surface area contributed by atoms with Crippen molar-refractivity contribution in [1.29, 1.82) is 0 Å². The number of rotatable bonds is 3. The summed E-state index contributed by atoms with van der Waals surface area (Å²) in [6, 6.07) is 4.10. The highest BCUT2D eigenvalue weighted by Gasteiger charge is 1.89. The lowest BCUT2D eigenvalue weighted by molar-refractivity contribution is 0.320. The van der Waals surface area contributed by atoms with Crippen LogP contribution in [-0.4, -0.2) is 11.4 Å². The van der Waals surface area contributed by atoms with Gasteiger partial charge in [0.15, 0.2) is 0 Å². The summed E-state index contributed by atoms with van der Waals surface area (Å²) in [5, 5.41) is 13.0. The van der Waals surface area contributed by atoms with Gasteiger partial charge in [0.1, 0.15) is 0 Å². The molecule has 0 spiro atoms. The van der Waals surface area contributed by atoms with Crippen LogP contribution in [0.3, 0.4) is 0 Å². The third-order valence-corrected chi connectivity index (χ3v) is 2.12. The fourth-order valence-electron chi connectivity index (χ4n) is 0.719. The van der Waals surface area contributed by atoms with Crippen molar-refractivity contribution in [2.45, 2.75) is 12.8 Å². The summed E-state index contributed by atoms with van der Waals surface area (Å²) in [5.74, 6) is 0. The molecule has 1 heterocycles. The Bertz CT molecular complexity index is 193. The third-order valence-electron chi connectivity index (χ3n) is 1.18. The maximum Gasteiger partial charge on any atom is 0.0439 e. The van der Waals surface area contributed by atoms with Gasteiger partial charge in [0.2, 0.25) is 0 Å². The molecule has 0 aromatic carbocycles. The molecule has 0 amide bonds. The predicted molar refractivity (Wildman–Crippen MR) is 42.9 cm³/mol. The Hall–Kier alpha value is -0.830. The molecular weight excluding hydrogens is 146 g/mol. The van der Waals surface area contributed by atoms with Gasteiger partial charge in [-0.2, -0.15) is 0 Å². The molecule has 0 bridgehead atoms. The molecule has 0 aliphatic rings. The van der Waals surface area contributed by atoms with E-state index in [4.69, 9.17) is 5.21 Å². The molecule has 0 aliphatic carbocycles. The van der Waals surface area contributed by atoms with Gasteiger partial charge in [0.25, 0.3) is 0 Å². The van der Waals surface area contributed by atoms with Crippen molar-refractivity contribution in [2.24, 2.45) is 5.16 Å². The normalized spacial score (nSPS) is 10.8. The zero-order chi connectivity index (χ0) is 7.23. The van der Waals surface area contributed by atoms with Crippen molar-refractivity contribution in [3.05, 3.63) is 22.4 Å². The fourth-order valence-corrected chi connectivity index (χ4v) is 1.44. The van der Waals surface area contributed by atoms with E-state index < -0.39 is 0 Å². The van der Waals surface area contributed by atoms with E-state index in [2.05, 4.69) is 11.2 Å². The van der Waals surface area contributed by atoms with Crippen LogP contribution in [0.5, 0.6) is 0 Å². The Morgan fingerprint density at radius 2 is 2.60 bits per heavy atom. The van der Waals surface area contributed by atoms with E-state index in [1.807, 2.05) is 11.4 Å². The Balaban J connectivity index is 2.28. The monoisotopic (exact) mass is 155 g/mol. The first-order valence-corrected chi connectivity index (χ1v) is 3.99. The first-order chi connectivity index (χ1) is 4.93. The highest BCUT2D eigenvalue weighted by atomic mass is 32.1. The molecule has 1 aromatic rings. The number of nitrogens with zero attached hydrogens (tertiary/aromatic N) is 1. The van der Waals surface area contributed by atoms with Crippen molar-refractivity contribution in [2.75, 3.05) is 0 Å². The smallest absolute Gasteiger partial charge is 0.0439 e. The Morgan fingerprint density at radius 3 is 3.20 bits per heavy atom. The minimum atomic E-state index is 0.816. The van der Waals surface area contributed by atoms with Crippen molar-refractivity contribution in [3.63, 3.8) is 0 Å². The Kier molecular flexibility index (Phi) is 2.96. The van der Waals surface area contributed by atoms with E-state index in [0.29, 0.717) is 0 Å². The van der Waals surface area contributed by atoms with Gasteiger partial charge >= 0.3 is 0 Å². The molecule has 0 unspecified atom stereocenters. The second kappa shape index (κ2) is 4.06. The molecule has 2 nitrogen and oxygen atoms in total. The van der Waals surface area contributed by atoms with E-state index in [0.717, 1.165) is 12.8 Å². The van der Waals surface area contributed by atoms with Crippen molar-refractivity contribution in [1.82, 2.24) is 0 Å². The lowest BCUT2D eigenvalue weighted by atomic mass is 10.3. The molecule has 0 aliphatic heterocycles. The third kappa shape index (κ3) is 2.19. The van der Waals surface area contributed by atoms with Crippen LogP contribution in [-0.2, 0) is 6.42 Å². The summed E-state index contributed by atoms with van der Waals surface area (Å²) >= 11 is 1.73. The Morgan fingerprint density at radius 1 is 1.70 bits per heavy atom. The van der Waals surface area contributed by atoms with Crippen LogP contribution in [0.1, 0.15) is 11.3 Å². The Labute approximate surface area is 63.8 Å². The number of oxime groups is 1. The molecule has 0 fully saturated rings. The molecule has 0 atom stereocenters. The molecule has 1 rings (SSSR count). The zero-order valence-electron chi connectivity index (χ0n) is 5.53. The van der Waals surface area contributed by atoms with Gasteiger partial charge in [0, 0.05) is 11.1 Å². The second-order valence-electron chi connectivity index (χ2n) is 1.92. The maximum absolute atomic E-state index is 8.07. The minimum absolute atomic E-state index is 0.816. The number of hydrogen-bond donors (Lipinski definition) is 1. The van der Waals surface area contributed by atoms with Crippen molar-refractivity contribution >= 4 is 17.6 Å². The minimum Gasteiger partial charge on any atom is -0.411 e. The quantitative estimate of drug-likeness (QED) is 0.405. The van der Waals surface area contributed by atoms with E-state index >= 15 is 0 Å². The van der Waals surface area contributed by atoms with Crippen molar-refractivity contribution in [3.8, 4) is 0 Å². The lowest BCUT2D eigenvalue weighted by Crippen LogP contribution is -1.80. The van der Waals surface area contributed by atoms with E-state index in [1.165, 1.54) is 11.1 Å². The van der Waals surface area contributed by atoms with Gasteiger partial charge in [-0.25, -0.2) is 0 Å². The molecule has 0 radical (unpaired) electrons. The average molecular weight is 155 g/mol. The summed E-state index contributed by atoms with van der Waals surface area (Å²) in [6.07, 6.45) is 3.30. The van der Waals surface area contributed by atoms with Gasteiger partial charge < -0.3 is 5.21 Å².